The van der Waals surface area contributed by atoms with Gasteiger partial charge in [0.1, 0.15) is 0 Å². The molecular formula is C13H14ClNO2. The molecule has 1 aromatic heterocycles. The van der Waals surface area contributed by atoms with Crippen LogP contribution in [-0.2, 0) is 13.2 Å². The molecule has 2 rings (SSSR count). The van der Waals surface area contributed by atoms with Gasteiger partial charge in [0.25, 0.3) is 0 Å². The van der Waals surface area contributed by atoms with E-state index in [1.807, 2.05) is 30.1 Å². The minimum absolute atomic E-state index is 0.0222. The van der Waals surface area contributed by atoms with Crippen molar-refractivity contribution in [3.05, 3.63) is 52.9 Å². The van der Waals surface area contributed by atoms with Crippen LogP contribution in [0.4, 0.5) is 5.69 Å². The first-order valence-corrected chi connectivity index (χ1v) is 5.70. The fraction of sp³-hybridized carbons (Fsp3) is 0.231. The molecule has 0 unspecified atom stereocenters. The number of hydrogen-bond acceptors (Lipinski definition) is 3. The number of anilines is 1. The van der Waals surface area contributed by atoms with Crippen molar-refractivity contribution in [1.82, 2.24) is 0 Å². The first-order valence-electron chi connectivity index (χ1n) is 5.32. The van der Waals surface area contributed by atoms with Crippen LogP contribution in [0, 0.1) is 0 Å². The van der Waals surface area contributed by atoms with E-state index >= 15 is 0 Å². The molecule has 0 saturated carbocycles. The highest BCUT2D eigenvalue weighted by molar-refractivity contribution is 6.30. The summed E-state index contributed by atoms with van der Waals surface area (Å²) in [5, 5.41) is 9.95. The molecule has 1 heterocycles. The summed E-state index contributed by atoms with van der Waals surface area (Å²) >= 11 is 5.90. The molecule has 1 aromatic carbocycles. The molecule has 1 N–H and O–H groups in total. The fourth-order valence-corrected chi connectivity index (χ4v) is 1.99. The number of furan rings is 1. The van der Waals surface area contributed by atoms with E-state index in [1.165, 1.54) is 0 Å². The number of rotatable bonds is 4. The SMILES string of the molecule is CN(Cc1ccoc1)c1ccc(Cl)cc1CO. The van der Waals surface area contributed by atoms with E-state index in [0.717, 1.165) is 23.4 Å². The maximum atomic E-state index is 9.31. The Morgan fingerprint density at radius 3 is 2.82 bits per heavy atom. The number of aliphatic hydroxyl groups excluding tert-OH is 1. The number of aliphatic hydroxyl groups is 1. The minimum Gasteiger partial charge on any atom is -0.472 e. The summed E-state index contributed by atoms with van der Waals surface area (Å²) in [6.45, 7) is 0.705. The Labute approximate surface area is 105 Å². The van der Waals surface area contributed by atoms with Gasteiger partial charge < -0.3 is 14.4 Å². The Morgan fingerprint density at radius 1 is 1.35 bits per heavy atom. The van der Waals surface area contributed by atoms with E-state index < -0.39 is 0 Å². The molecule has 0 aliphatic heterocycles. The Bertz CT molecular complexity index is 482. The zero-order valence-electron chi connectivity index (χ0n) is 9.56. The van der Waals surface area contributed by atoms with Crippen LogP contribution in [0.3, 0.4) is 0 Å². The molecule has 17 heavy (non-hydrogen) atoms. The Kier molecular flexibility index (Phi) is 3.71. The summed E-state index contributed by atoms with van der Waals surface area (Å²) in [6, 6.07) is 7.43. The third kappa shape index (κ3) is 2.81. The number of hydrogen-bond donors (Lipinski definition) is 1. The third-order valence-corrected chi connectivity index (χ3v) is 2.86. The lowest BCUT2D eigenvalue weighted by Crippen LogP contribution is -2.17. The zero-order chi connectivity index (χ0) is 12.3. The fourth-order valence-electron chi connectivity index (χ4n) is 1.79. The van der Waals surface area contributed by atoms with Gasteiger partial charge >= 0.3 is 0 Å². The Hall–Kier alpha value is -1.45. The van der Waals surface area contributed by atoms with Gasteiger partial charge in [0.15, 0.2) is 0 Å². The molecule has 0 bridgehead atoms. The van der Waals surface area contributed by atoms with E-state index in [4.69, 9.17) is 16.0 Å². The van der Waals surface area contributed by atoms with Gasteiger partial charge in [-0.2, -0.15) is 0 Å². The topological polar surface area (TPSA) is 36.6 Å². The smallest absolute Gasteiger partial charge is 0.0952 e. The van der Waals surface area contributed by atoms with Crippen molar-refractivity contribution in [2.45, 2.75) is 13.2 Å². The van der Waals surface area contributed by atoms with Gasteiger partial charge in [0.2, 0.25) is 0 Å². The summed E-state index contributed by atoms with van der Waals surface area (Å²) in [5.74, 6) is 0. The first kappa shape index (κ1) is 12.0. The number of halogens is 1. The van der Waals surface area contributed by atoms with Crippen molar-refractivity contribution in [2.24, 2.45) is 0 Å². The van der Waals surface area contributed by atoms with E-state index in [2.05, 4.69) is 0 Å². The molecular weight excluding hydrogens is 238 g/mol. The molecule has 90 valence electrons. The molecule has 0 fully saturated rings. The van der Waals surface area contributed by atoms with Crippen LogP contribution in [0.5, 0.6) is 0 Å². The second-order valence-electron chi connectivity index (χ2n) is 3.92. The standard InChI is InChI=1S/C13H14ClNO2/c1-15(7-10-4-5-17-9-10)13-3-2-12(14)6-11(13)8-16/h2-6,9,16H,7-8H2,1H3. The summed E-state index contributed by atoms with van der Waals surface area (Å²) < 4.78 is 5.03. The second-order valence-corrected chi connectivity index (χ2v) is 4.36. The van der Waals surface area contributed by atoms with Crippen molar-refractivity contribution in [1.29, 1.82) is 0 Å². The van der Waals surface area contributed by atoms with Crippen LogP contribution in [0.1, 0.15) is 11.1 Å². The van der Waals surface area contributed by atoms with E-state index in [9.17, 15) is 5.11 Å². The average molecular weight is 252 g/mol. The molecule has 0 radical (unpaired) electrons. The molecule has 3 nitrogen and oxygen atoms in total. The molecule has 0 saturated heterocycles. The van der Waals surface area contributed by atoms with Gasteiger partial charge in [-0.1, -0.05) is 11.6 Å². The van der Waals surface area contributed by atoms with Crippen molar-refractivity contribution in [3.63, 3.8) is 0 Å². The quantitative estimate of drug-likeness (QED) is 0.907. The van der Waals surface area contributed by atoms with Crippen molar-refractivity contribution in [2.75, 3.05) is 11.9 Å². The normalized spacial score (nSPS) is 10.5. The highest BCUT2D eigenvalue weighted by Gasteiger charge is 2.08. The summed E-state index contributed by atoms with van der Waals surface area (Å²) in [4.78, 5) is 2.05. The summed E-state index contributed by atoms with van der Waals surface area (Å²) in [6.07, 6.45) is 3.36. The molecule has 0 spiro atoms. The van der Waals surface area contributed by atoms with Crippen LogP contribution in [-0.4, -0.2) is 12.2 Å². The van der Waals surface area contributed by atoms with E-state index in [-0.39, 0.29) is 6.61 Å². The lowest BCUT2D eigenvalue weighted by atomic mass is 10.1. The number of nitrogens with zero attached hydrogens (tertiary/aromatic N) is 1. The Balaban J connectivity index is 2.21. The Morgan fingerprint density at radius 2 is 2.18 bits per heavy atom. The van der Waals surface area contributed by atoms with Crippen molar-refractivity contribution < 1.29 is 9.52 Å². The van der Waals surface area contributed by atoms with Gasteiger partial charge in [0.05, 0.1) is 19.1 Å². The van der Waals surface area contributed by atoms with Crippen molar-refractivity contribution in [3.8, 4) is 0 Å². The maximum Gasteiger partial charge on any atom is 0.0952 e. The summed E-state index contributed by atoms with van der Waals surface area (Å²) in [7, 11) is 1.97. The lowest BCUT2D eigenvalue weighted by molar-refractivity contribution is 0.282. The molecule has 0 aliphatic rings. The molecule has 0 amide bonds. The van der Waals surface area contributed by atoms with Gasteiger partial charge in [-0.15, -0.1) is 0 Å². The van der Waals surface area contributed by atoms with Gasteiger partial charge in [-0.25, -0.2) is 0 Å². The monoisotopic (exact) mass is 251 g/mol. The van der Waals surface area contributed by atoms with Gasteiger partial charge in [0, 0.05) is 35.4 Å². The highest BCUT2D eigenvalue weighted by Crippen LogP contribution is 2.24. The average Bonchev–Trinajstić information content (AvgIpc) is 2.81. The predicted molar refractivity (Wildman–Crippen MR) is 68.2 cm³/mol. The second kappa shape index (κ2) is 5.25. The largest absolute Gasteiger partial charge is 0.472 e. The number of benzene rings is 1. The first-order chi connectivity index (χ1) is 8.20. The molecule has 0 aliphatic carbocycles. The molecule has 0 atom stereocenters. The van der Waals surface area contributed by atoms with Crippen LogP contribution >= 0.6 is 11.6 Å². The highest BCUT2D eigenvalue weighted by atomic mass is 35.5. The van der Waals surface area contributed by atoms with Gasteiger partial charge in [-0.05, 0) is 24.3 Å². The lowest BCUT2D eigenvalue weighted by Gasteiger charge is -2.21. The van der Waals surface area contributed by atoms with Gasteiger partial charge in [-0.3, -0.25) is 0 Å². The third-order valence-electron chi connectivity index (χ3n) is 2.62. The summed E-state index contributed by atoms with van der Waals surface area (Å²) in [5.41, 5.74) is 2.88. The van der Waals surface area contributed by atoms with Crippen LogP contribution in [0.2, 0.25) is 5.02 Å². The minimum atomic E-state index is -0.0222. The molecule has 4 heteroatoms. The molecule has 2 aromatic rings. The zero-order valence-corrected chi connectivity index (χ0v) is 10.3. The van der Waals surface area contributed by atoms with E-state index in [1.54, 1.807) is 18.6 Å². The van der Waals surface area contributed by atoms with E-state index in [0.29, 0.717) is 5.02 Å². The van der Waals surface area contributed by atoms with Crippen LogP contribution in [0.15, 0.2) is 41.2 Å². The van der Waals surface area contributed by atoms with Crippen LogP contribution in [0.25, 0.3) is 0 Å². The van der Waals surface area contributed by atoms with Crippen molar-refractivity contribution >= 4 is 17.3 Å². The predicted octanol–water partition coefficient (Wildman–Crippen LogP) is 3.06. The van der Waals surface area contributed by atoms with Crippen LogP contribution < -0.4 is 4.90 Å². The maximum absolute atomic E-state index is 9.31.